The van der Waals surface area contributed by atoms with Gasteiger partial charge in [-0.25, -0.2) is 0 Å². The summed E-state index contributed by atoms with van der Waals surface area (Å²) in [5.74, 6) is 0.927. The second-order valence-electron chi connectivity index (χ2n) is 3.59. The second-order valence-corrected chi connectivity index (χ2v) is 4.57. The lowest BCUT2D eigenvalue weighted by atomic mass is 10.1. The van der Waals surface area contributed by atoms with E-state index in [0.29, 0.717) is 0 Å². The zero-order valence-electron chi connectivity index (χ0n) is 9.38. The van der Waals surface area contributed by atoms with Crippen molar-refractivity contribution in [3.8, 4) is 0 Å². The van der Waals surface area contributed by atoms with Crippen molar-refractivity contribution in [2.45, 2.75) is 45.2 Å². The number of carbonyl (C=O) groups is 1. The standard InChI is InChI=1S/C10H22N2OS/c1-4-5-8(2)12-10(13)9(11)6-7-14-3/h8-9H,4-7,11H2,1-3H3,(H,12,13)/t8?,9-/m0/s1. The minimum Gasteiger partial charge on any atom is -0.352 e. The van der Waals surface area contributed by atoms with Crippen LogP contribution < -0.4 is 11.1 Å². The number of amides is 1. The van der Waals surface area contributed by atoms with Crippen LogP contribution in [0.1, 0.15) is 33.1 Å². The summed E-state index contributed by atoms with van der Waals surface area (Å²) in [6, 6.07) is -0.102. The molecule has 3 N–H and O–H groups in total. The van der Waals surface area contributed by atoms with Crippen LogP contribution in [0.2, 0.25) is 0 Å². The summed E-state index contributed by atoms with van der Waals surface area (Å²) in [6.45, 7) is 4.12. The average molecular weight is 218 g/mol. The Hall–Kier alpha value is -0.220. The van der Waals surface area contributed by atoms with Gasteiger partial charge in [0.05, 0.1) is 6.04 Å². The van der Waals surface area contributed by atoms with Gasteiger partial charge >= 0.3 is 0 Å². The van der Waals surface area contributed by atoms with Gasteiger partial charge < -0.3 is 11.1 Å². The lowest BCUT2D eigenvalue weighted by molar-refractivity contribution is -0.123. The average Bonchev–Trinajstić information content (AvgIpc) is 2.14. The zero-order chi connectivity index (χ0) is 11.0. The van der Waals surface area contributed by atoms with Crippen LogP contribution >= 0.6 is 11.8 Å². The predicted molar refractivity (Wildman–Crippen MR) is 63.5 cm³/mol. The van der Waals surface area contributed by atoms with Gasteiger partial charge in [0.1, 0.15) is 0 Å². The van der Waals surface area contributed by atoms with Gasteiger partial charge in [-0.1, -0.05) is 13.3 Å². The van der Waals surface area contributed by atoms with E-state index in [1.165, 1.54) is 0 Å². The zero-order valence-corrected chi connectivity index (χ0v) is 10.2. The summed E-state index contributed by atoms with van der Waals surface area (Å²) in [4.78, 5) is 11.5. The van der Waals surface area contributed by atoms with Gasteiger partial charge in [0.15, 0.2) is 0 Å². The van der Waals surface area contributed by atoms with Crippen molar-refractivity contribution in [3.05, 3.63) is 0 Å². The third-order valence-electron chi connectivity index (χ3n) is 2.08. The molecule has 1 unspecified atom stereocenters. The van der Waals surface area contributed by atoms with Crippen molar-refractivity contribution in [1.82, 2.24) is 5.32 Å². The molecule has 0 aliphatic heterocycles. The number of carbonyl (C=O) groups excluding carboxylic acids is 1. The Kier molecular flexibility index (Phi) is 7.99. The van der Waals surface area contributed by atoms with Gasteiger partial charge in [-0.3, -0.25) is 4.79 Å². The molecule has 0 aromatic rings. The summed E-state index contributed by atoms with van der Waals surface area (Å²) in [5, 5.41) is 2.92. The molecule has 0 aromatic heterocycles. The Morgan fingerprint density at radius 3 is 2.64 bits per heavy atom. The largest absolute Gasteiger partial charge is 0.352 e. The van der Waals surface area contributed by atoms with Crippen molar-refractivity contribution >= 4 is 17.7 Å². The SMILES string of the molecule is CCCC(C)NC(=O)[C@@H](N)CCSC. The van der Waals surface area contributed by atoms with Gasteiger partial charge in [0, 0.05) is 6.04 Å². The Morgan fingerprint density at radius 2 is 2.14 bits per heavy atom. The maximum atomic E-state index is 11.5. The van der Waals surface area contributed by atoms with Crippen molar-refractivity contribution in [3.63, 3.8) is 0 Å². The number of hydrogen-bond donors (Lipinski definition) is 2. The van der Waals surface area contributed by atoms with Gasteiger partial charge in [-0.2, -0.15) is 11.8 Å². The highest BCUT2D eigenvalue weighted by molar-refractivity contribution is 7.98. The third kappa shape index (κ3) is 6.27. The lowest BCUT2D eigenvalue weighted by Gasteiger charge is -2.16. The molecule has 0 radical (unpaired) electrons. The van der Waals surface area contributed by atoms with Gasteiger partial charge in [-0.05, 0) is 31.8 Å². The molecular formula is C10H22N2OS. The number of nitrogens with one attached hydrogen (secondary N) is 1. The Morgan fingerprint density at radius 1 is 1.50 bits per heavy atom. The first-order valence-electron chi connectivity index (χ1n) is 5.16. The maximum Gasteiger partial charge on any atom is 0.237 e. The fourth-order valence-corrected chi connectivity index (χ4v) is 1.72. The summed E-state index contributed by atoms with van der Waals surface area (Å²) in [5.41, 5.74) is 5.72. The summed E-state index contributed by atoms with van der Waals surface area (Å²) < 4.78 is 0. The van der Waals surface area contributed by atoms with E-state index < -0.39 is 0 Å². The molecule has 4 heteroatoms. The second kappa shape index (κ2) is 8.12. The van der Waals surface area contributed by atoms with Crippen LogP contribution in [0.25, 0.3) is 0 Å². The Bertz CT molecular complexity index is 164. The molecule has 84 valence electrons. The van der Waals surface area contributed by atoms with Gasteiger partial charge in [-0.15, -0.1) is 0 Å². The first-order valence-corrected chi connectivity index (χ1v) is 6.56. The van der Waals surface area contributed by atoms with E-state index in [4.69, 9.17) is 5.73 Å². The molecule has 0 aromatic carbocycles. The number of thioether (sulfide) groups is 1. The van der Waals surface area contributed by atoms with Crippen molar-refractivity contribution < 1.29 is 4.79 Å². The molecule has 0 heterocycles. The molecule has 0 aliphatic rings. The van der Waals surface area contributed by atoms with Crippen molar-refractivity contribution in [2.24, 2.45) is 5.73 Å². The van der Waals surface area contributed by atoms with Crippen molar-refractivity contribution in [2.75, 3.05) is 12.0 Å². The number of nitrogens with two attached hydrogens (primary N) is 1. The van der Waals surface area contributed by atoms with E-state index in [0.717, 1.165) is 25.0 Å². The van der Waals surface area contributed by atoms with Crippen molar-refractivity contribution in [1.29, 1.82) is 0 Å². The monoisotopic (exact) mass is 218 g/mol. The number of hydrogen-bond acceptors (Lipinski definition) is 3. The first-order chi connectivity index (χ1) is 6.61. The first kappa shape index (κ1) is 13.8. The fraction of sp³-hybridized carbons (Fsp3) is 0.900. The normalized spacial score (nSPS) is 14.9. The summed E-state index contributed by atoms with van der Waals surface area (Å²) in [6.07, 6.45) is 4.87. The molecule has 0 fully saturated rings. The van der Waals surface area contributed by atoms with Crippen LogP contribution in [-0.4, -0.2) is 30.0 Å². The van der Waals surface area contributed by atoms with E-state index in [-0.39, 0.29) is 18.0 Å². The topological polar surface area (TPSA) is 55.1 Å². The molecule has 0 saturated carbocycles. The summed E-state index contributed by atoms with van der Waals surface area (Å²) >= 11 is 1.72. The van der Waals surface area contributed by atoms with Crippen LogP contribution in [0, 0.1) is 0 Å². The molecule has 0 saturated heterocycles. The van der Waals surface area contributed by atoms with Crippen LogP contribution in [0.4, 0.5) is 0 Å². The molecule has 3 nitrogen and oxygen atoms in total. The molecular weight excluding hydrogens is 196 g/mol. The molecule has 14 heavy (non-hydrogen) atoms. The van der Waals surface area contributed by atoms with Gasteiger partial charge in [0.25, 0.3) is 0 Å². The Labute approximate surface area is 91.2 Å². The predicted octanol–water partition coefficient (Wildman–Crippen LogP) is 1.37. The maximum absolute atomic E-state index is 11.5. The van der Waals surface area contributed by atoms with E-state index in [2.05, 4.69) is 12.2 Å². The molecule has 2 atom stereocenters. The summed E-state index contributed by atoms with van der Waals surface area (Å²) in [7, 11) is 0. The molecule has 0 spiro atoms. The lowest BCUT2D eigenvalue weighted by Crippen LogP contribution is -2.44. The molecule has 0 aliphatic carbocycles. The molecule has 0 bridgehead atoms. The minimum absolute atomic E-state index is 0.0139. The smallest absolute Gasteiger partial charge is 0.237 e. The van der Waals surface area contributed by atoms with E-state index >= 15 is 0 Å². The molecule has 1 amide bonds. The highest BCUT2D eigenvalue weighted by Gasteiger charge is 2.14. The molecule has 0 rings (SSSR count). The van der Waals surface area contributed by atoms with Crippen LogP contribution in [-0.2, 0) is 4.79 Å². The van der Waals surface area contributed by atoms with Gasteiger partial charge in [0.2, 0.25) is 5.91 Å². The van der Waals surface area contributed by atoms with E-state index in [1.54, 1.807) is 11.8 Å². The van der Waals surface area contributed by atoms with Crippen LogP contribution in [0.15, 0.2) is 0 Å². The van der Waals surface area contributed by atoms with Crippen LogP contribution in [0.5, 0.6) is 0 Å². The Balaban J connectivity index is 3.71. The number of rotatable bonds is 7. The van der Waals surface area contributed by atoms with E-state index in [1.807, 2.05) is 13.2 Å². The highest BCUT2D eigenvalue weighted by atomic mass is 32.2. The van der Waals surface area contributed by atoms with Crippen LogP contribution in [0.3, 0.4) is 0 Å². The minimum atomic E-state index is -0.346. The fourth-order valence-electron chi connectivity index (χ4n) is 1.23. The third-order valence-corrected chi connectivity index (χ3v) is 2.72. The quantitative estimate of drug-likeness (QED) is 0.678. The highest BCUT2D eigenvalue weighted by Crippen LogP contribution is 2.00. The van der Waals surface area contributed by atoms with E-state index in [9.17, 15) is 4.79 Å².